The normalized spacial score (nSPS) is 57.0. The molecule has 3 heteroatoms. The maximum atomic E-state index is 12.2. The highest BCUT2D eigenvalue weighted by Crippen LogP contribution is 2.68. The van der Waals surface area contributed by atoms with Crippen molar-refractivity contribution in [1.82, 2.24) is 0 Å². The lowest BCUT2D eigenvalue weighted by molar-refractivity contribution is -0.206. The Kier molecular flexibility index (Phi) is 3.76. The van der Waals surface area contributed by atoms with E-state index < -0.39 is 5.60 Å². The highest BCUT2D eigenvalue weighted by molar-refractivity contribution is 5.80. The Bertz CT molecular complexity index is 548. The molecule has 3 nitrogen and oxygen atoms in total. The van der Waals surface area contributed by atoms with Crippen molar-refractivity contribution in [2.75, 3.05) is 0 Å². The van der Waals surface area contributed by atoms with E-state index in [1.165, 1.54) is 25.7 Å². The van der Waals surface area contributed by atoms with E-state index in [9.17, 15) is 9.90 Å². The number of nitrogens with two attached hydrogens (primary N) is 1. The molecule has 0 aliphatic heterocycles. The van der Waals surface area contributed by atoms with Crippen LogP contribution in [-0.4, -0.2) is 22.5 Å². The summed E-state index contributed by atoms with van der Waals surface area (Å²) in [6.07, 6.45) is 9.81. The number of fused-ring (bicyclic) bond motifs is 5. The van der Waals surface area contributed by atoms with Crippen LogP contribution in [0.15, 0.2) is 0 Å². The Morgan fingerprint density at radius 3 is 2.46 bits per heavy atom. The molecule has 0 bridgehead atoms. The summed E-state index contributed by atoms with van der Waals surface area (Å²) in [5.41, 5.74) is 5.79. The third-order valence-electron chi connectivity index (χ3n) is 9.38. The summed E-state index contributed by atoms with van der Waals surface area (Å²) in [5, 5.41) is 11.9. The lowest BCUT2D eigenvalue weighted by Gasteiger charge is -2.63. The lowest BCUT2D eigenvalue weighted by atomic mass is 9.43. The van der Waals surface area contributed by atoms with Crippen LogP contribution in [0.4, 0.5) is 0 Å². The van der Waals surface area contributed by atoms with Gasteiger partial charge in [0.05, 0.1) is 5.60 Å². The Hall–Kier alpha value is -0.410. The average molecular weight is 334 g/mol. The summed E-state index contributed by atoms with van der Waals surface area (Å²) in [5.74, 6) is 2.09. The molecule has 0 aromatic carbocycles. The second-order valence-electron chi connectivity index (χ2n) is 10.1. The van der Waals surface area contributed by atoms with Crippen molar-refractivity contribution in [2.24, 2.45) is 40.2 Å². The Labute approximate surface area is 146 Å². The van der Waals surface area contributed by atoms with Crippen molar-refractivity contribution >= 4 is 5.78 Å². The fourth-order valence-electron chi connectivity index (χ4n) is 7.91. The molecule has 0 amide bonds. The van der Waals surface area contributed by atoms with Crippen LogP contribution >= 0.6 is 0 Å². The number of hydrogen-bond donors (Lipinski definition) is 2. The van der Waals surface area contributed by atoms with Crippen molar-refractivity contribution in [1.29, 1.82) is 0 Å². The molecular weight excluding hydrogens is 298 g/mol. The molecule has 0 heterocycles. The fraction of sp³-hybridized carbons (Fsp3) is 0.952. The van der Waals surface area contributed by atoms with E-state index in [1.807, 2.05) is 0 Å². The molecule has 136 valence electrons. The largest absolute Gasteiger partial charge is 0.389 e. The Balaban J connectivity index is 1.68. The molecule has 8 atom stereocenters. The van der Waals surface area contributed by atoms with E-state index in [1.54, 1.807) is 6.92 Å². The van der Waals surface area contributed by atoms with Gasteiger partial charge in [-0.25, -0.2) is 0 Å². The number of ketones is 1. The van der Waals surface area contributed by atoms with Gasteiger partial charge in [0.15, 0.2) is 0 Å². The molecule has 4 saturated carbocycles. The van der Waals surface area contributed by atoms with Gasteiger partial charge in [-0.05, 0) is 87.9 Å². The lowest BCUT2D eigenvalue weighted by Crippen LogP contribution is -2.62. The first-order valence-corrected chi connectivity index (χ1v) is 10.2. The van der Waals surface area contributed by atoms with Gasteiger partial charge in [0.25, 0.3) is 0 Å². The molecule has 4 aliphatic rings. The SMILES string of the molecule is CC(=O)[C@@H]1CC[C@@]2(O)[C@@H]3CCC4CC(N)CC[C@]4(C)[C@H]3CC[C@]12C. The van der Waals surface area contributed by atoms with Gasteiger partial charge in [0, 0.05) is 17.4 Å². The van der Waals surface area contributed by atoms with Gasteiger partial charge < -0.3 is 10.8 Å². The summed E-state index contributed by atoms with van der Waals surface area (Å²) in [6, 6.07) is 0.380. The van der Waals surface area contributed by atoms with Crippen LogP contribution in [0.5, 0.6) is 0 Å². The van der Waals surface area contributed by atoms with Crippen LogP contribution in [0.1, 0.15) is 78.6 Å². The van der Waals surface area contributed by atoms with Gasteiger partial charge in [-0.3, -0.25) is 4.79 Å². The molecule has 4 fully saturated rings. The van der Waals surface area contributed by atoms with Crippen LogP contribution < -0.4 is 5.73 Å². The van der Waals surface area contributed by atoms with Crippen molar-refractivity contribution < 1.29 is 9.90 Å². The minimum Gasteiger partial charge on any atom is -0.389 e. The summed E-state index contributed by atoms with van der Waals surface area (Å²) in [4.78, 5) is 12.2. The minimum absolute atomic E-state index is 0.0637. The number of carbonyl (C=O) groups excluding carboxylic acids is 1. The Morgan fingerprint density at radius 1 is 1.00 bits per heavy atom. The van der Waals surface area contributed by atoms with Gasteiger partial charge in [-0.1, -0.05) is 13.8 Å². The summed E-state index contributed by atoms with van der Waals surface area (Å²) >= 11 is 0. The second-order valence-corrected chi connectivity index (χ2v) is 10.1. The van der Waals surface area contributed by atoms with Crippen molar-refractivity contribution in [3.63, 3.8) is 0 Å². The third-order valence-corrected chi connectivity index (χ3v) is 9.38. The number of carbonyl (C=O) groups is 1. The van der Waals surface area contributed by atoms with Crippen molar-refractivity contribution in [3.8, 4) is 0 Å². The molecule has 0 aromatic heterocycles. The predicted molar refractivity (Wildman–Crippen MR) is 95.3 cm³/mol. The van der Waals surface area contributed by atoms with Gasteiger partial charge in [-0.15, -0.1) is 0 Å². The van der Waals surface area contributed by atoms with Gasteiger partial charge in [0.1, 0.15) is 5.78 Å². The topological polar surface area (TPSA) is 63.3 Å². The molecule has 0 aromatic rings. The first kappa shape index (κ1) is 17.0. The number of Topliss-reactive ketones (excluding diaryl/α,β-unsaturated/α-hetero) is 1. The molecule has 24 heavy (non-hydrogen) atoms. The Morgan fingerprint density at radius 2 is 1.75 bits per heavy atom. The van der Waals surface area contributed by atoms with E-state index in [0.29, 0.717) is 23.3 Å². The summed E-state index contributed by atoms with van der Waals surface area (Å²) < 4.78 is 0. The van der Waals surface area contributed by atoms with Gasteiger partial charge in [-0.2, -0.15) is 0 Å². The zero-order chi connectivity index (χ0) is 17.3. The summed E-state index contributed by atoms with van der Waals surface area (Å²) in [7, 11) is 0. The maximum absolute atomic E-state index is 12.2. The minimum atomic E-state index is -0.625. The van der Waals surface area contributed by atoms with Crippen LogP contribution in [0, 0.1) is 34.5 Å². The van der Waals surface area contributed by atoms with Crippen LogP contribution in [0.25, 0.3) is 0 Å². The van der Waals surface area contributed by atoms with Crippen molar-refractivity contribution in [2.45, 2.75) is 90.2 Å². The van der Waals surface area contributed by atoms with Gasteiger partial charge in [0.2, 0.25) is 0 Å². The third kappa shape index (κ3) is 2.00. The first-order valence-electron chi connectivity index (χ1n) is 10.2. The molecule has 3 N–H and O–H groups in total. The van der Waals surface area contributed by atoms with Crippen molar-refractivity contribution in [3.05, 3.63) is 0 Å². The standard InChI is InChI=1S/C21H35NO2/c1-13(23)16-8-11-21(24)18-5-4-14-12-15(22)6-9-19(14,2)17(18)7-10-20(16,21)3/h14-18,24H,4-12,22H2,1-3H3/t14?,15?,16-,17-,18+,19-,20+,21+/m0/s1. The molecule has 0 radical (unpaired) electrons. The molecule has 0 saturated heterocycles. The first-order chi connectivity index (χ1) is 11.2. The highest BCUT2D eigenvalue weighted by atomic mass is 16.3. The monoisotopic (exact) mass is 333 g/mol. The number of aliphatic hydroxyl groups is 1. The van der Waals surface area contributed by atoms with Gasteiger partial charge >= 0.3 is 0 Å². The second kappa shape index (κ2) is 5.30. The molecule has 4 aliphatic carbocycles. The molecular formula is C21H35NO2. The van der Waals surface area contributed by atoms with E-state index >= 15 is 0 Å². The number of hydrogen-bond acceptors (Lipinski definition) is 3. The van der Waals surface area contributed by atoms with E-state index in [-0.39, 0.29) is 17.1 Å². The molecule has 0 spiro atoms. The quantitative estimate of drug-likeness (QED) is 0.769. The molecule has 4 rings (SSSR count). The van der Waals surface area contributed by atoms with E-state index in [0.717, 1.165) is 38.0 Å². The zero-order valence-electron chi connectivity index (χ0n) is 15.7. The van der Waals surface area contributed by atoms with Crippen LogP contribution in [-0.2, 0) is 4.79 Å². The average Bonchev–Trinajstić information content (AvgIpc) is 2.80. The van der Waals surface area contributed by atoms with Crippen LogP contribution in [0.2, 0.25) is 0 Å². The molecule has 2 unspecified atom stereocenters. The number of rotatable bonds is 1. The maximum Gasteiger partial charge on any atom is 0.133 e. The van der Waals surface area contributed by atoms with Crippen LogP contribution in [0.3, 0.4) is 0 Å². The van der Waals surface area contributed by atoms with E-state index in [4.69, 9.17) is 5.73 Å². The zero-order valence-corrected chi connectivity index (χ0v) is 15.7. The smallest absolute Gasteiger partial charge is 0.133 e. The fourth-order valence-corrected chi connectivity index (χ4v) is 7.91. The predicted octanol–water partition coefficient (Wildman–Crippen LogP) is 3.68. The summed E-state index contributed by atoms with van der Waals surface area (Å²) in [6.45, 7) is 6.44. The highest BCUT2D eigenvalue weighted by Gasteiger charge is 2.67. The van der Waals surface area contributed by atoms with E-state index in [2.05, 4.69) is 13.8 Å².